The van der Waals surface area contributed by atoms with Gasteiger partial charge in [-0.2, -0.15) is 9.61 Å². The molecule has 4 aromatic rings. The molecule has 5 heteroatoms. The molecular weight excluding hydrogens is 274 g/mol. The Bertz CT molecular complexity index is 936. The number of hydrogen-bond acceptors (Lipinski definition) is 3. The largest absolute Gasteiger partial charge is 0.290 e. The number of aromatic nitrogens is 5. The van der Waals surface area contributed by atoms with Crippen LogP contribution < -0.4 is 0 Å². The summed E-state index contributed by atoms with van der Waals surface area (Å²) < 4.78 is 3.83. The molecule has 0 aliphatic rings. The van der Waals surface area contributed by atoms with Gasteiger partial charge in [0.25, 0.3) is 0 Å². The van der Waals surface area contributed by atoms with E-state index in [1.54, 1.807) is 12.5 Å². The monoisotopic (exact) mass is 289 g/mol. The maximum absolute atomic E-state index is 4.71. The lowest BCUT2D eigenvalue weighted by molar-refractivity contribution is 0.836. The van der Waals surface area contributed by atoms with E-state index in [0.717, 1.165) is 34.0 Å². The van der Waals surface area contributed by atoms with E-state index in [4.69, 9.17) is 10.1 Å². The van der Waals surface area contributed by atoms with E-state index in [0.29, 0.717) is 0 Å². The molecule has 1 aromatic carbocycles. The van der Waals surface area contributed by atoms with Crippen LogP contribution in [-0.2, 0) is 0 Å². The molecule has 0 fully saturated rings. The third-order valence-electron chi connectivity index (χ3n) is 3.70. The third kappa shape index (κ3) is 1.90. The Balaban J connectivity index is 2.07. The van der Waals surface area contributed by atoms with Gasteiger partial charge in [0.05, 0.1) is 5.69 Å². The van der Waals surface area contributed by atoms with Gasteiger partial charge >= 0.3 is 0 Å². The lowest BCUT2D eigenvalue weighted by atomic mass is 10.1. The van der Waals surface area contributed by atoms with E-state index in [1.807, 2.05) is 53.4 Å². The van der Waals surface area contributed by atoms with Crippen molar-refractivity contribution < 1.29 is 0 Å². The van der Waals surface area contributed by atoms with E-state index in [9.17, 15) is 0 Å². The average Bonchev–Trinajstić information content (AvgIpc) is 3.14. The zero-order chi connectivity index (χ0) is 15.1. The molecule has 0 aliphatic carbocycles. The van der Waals surface area contributed by atoms with Crippen LogP contribution in [-0.4, -0.2) is 24.1 Å². The number of imidazole rings is 1. The summed E-state index contributed by atoms with van der Waals surface area (Å²) in [5, 5.41) is 4.69. The van der Waals surface area contributed by atoms with Crippen molar-refractivity contribution >= 4 is 5.65 Å². The average molecular weight is 289 g/mol. The summed E-state index contributed by atoms with van der Waals surface area (Å²) in [7, 11) is 0. The second kappa shape index (κ2) is 4.80. The summed E-state index contributed by atoms with van der Waals surface area (Å²) in [6, 6.07) is 12.3. The molecule has 5 nitrogen and oxygen atoms in total. The number of nitrogens with zero attached hydrogens (tertiary/aromatic N) is 5. The molecule has 0 N–H and O–H groups in total. The predicted molar refractivity (Wildman–Crippen MR) is 85.0 cm³/mol. The van der Waals surface area contributed by atoms with E-state index in [-0.39, 0.29) is 0 Å². The first-order valence-corrected chi connectivity index (χ1v) is 7.15. The molecule has 4 rings (SSSR count). The highest BCUT2D eigenvalue weighted by molar-refractivity contribution is 5.80. The molecule has 0 spiro atoms. The number of benzene rings is 1. The van der Waals surface area contributed by atoms with Gasteiger partial charge in [0.15, 0.2) is 5.65 Å². The maximum Gasteiger partial charge on any atom is 0.165 e. The first-order valence-electron chi connectivity index (χ1n) is 7.15. The predicted octanol–water partition coefficient (Wildman–Crippen LogP) is 3.20. The minimum atomic E-state index is 0.868. The lowest BCUT2D eigenvalue weighted by Gasteiger charge is -2.07. The number of hydrogen-bond donors (Lipinski definition) is 0. The van der Waals surface area contributed by atoms with Crippen LogP contribution in [0.5, 0.6) is 0 Å². The Morgan fingerprint density at radius 1 is 1.05 bits per heavy atom. The van der Waals surface area contributed by atoms with E-state index in [2.05, 4.69) is 17.1 Å². The number of fused-ring (bicyclic) bond motifs is 1. The smallest absolute Gasteiger partial charge is 0.165 e. The van der Waals surface area contributed by atoms with Gasteiger partial charge in [-0.05, 0) is 19.4 Å². The molecule has 108 valence electrons. The number of aryl methyl sites for hydroxylation is 2. The minimum absolute atomic E-state index is 0.868. The minimum Gasteiger partial charge on any atom is -0.290 e. The second-order valence-corrected chi connectivity index (χ2v) is 5.29. The van der Waals surface area contributed by atoms with Gasteiger partial charge in [-0.25, -0.2) is 9.97 Å². The van der Waals surface area contributed by atoms with E-state index in [1.165, 1.54) is 0 Å². The third-order valence-corrected chi connectivity index (χ3v) is 3.70. The SMILES string of the molecule is Cc1cc(-n2ccnc2)n2nc(C)c(-c3ccccc3)c2n1. The fourth-order valence-electron chi connectivity index (χ4n) is 2.75. The summed E-state index contributed by atoms with van der Waals surface area (Å²) in [6.07, 6.45) is 5.44. The summed E-state index contributed by atoms with van der Waals surface area (Å²) in [5.74, 6) is 0.935. The Kier molecular flexibility index (Phi) is 2.79. The van der Waals surface area contributed by atoms with Crippen LogP contribution in [0.1, 0.15) is 11.4 Å². The van der Waals surface area contributed by atoms with Crippen molar-refractivity contribution in [1.29, 1.82) is 0 Å². The fraction of sp³-hybridized carbons (Fsp3) is 0.118. The summed E-state index contributed by atoms with van der Waals surface area (Å²) >= 11 is 0. The Hall–Kier alpha value is -2.95. The van der Waals surface area contributed by atoms with Crippen LogP contribution in [0.4, 0.5) is 0 Å². The van der Waals surface area contributed by atoms with Crippen LogP contribution >= 0.6 is 0 Å². The normalized spacial score (nSPS) is 11.2. The molecule has 3 aromatic heterocycles. The molecule has 0 amide bonds. The van der Waals surface area contributed by atoms with Crippen molar-refractivity contribution in [2.75, 3.05) is 0 Å². The quantitative estimate of drug-likeness (QED) is 0.569. The van der Waals surface area contributed by atoms with Crippen molar-refractivity contribution in [3.8, 4) is 16.9 Å². The molecule has 22 heavy (non-hydrogen) atoms. The molecule has 0 unspecified atom stereocenters. The first kappa shape index (κ1) is 12.8. The van der Waals surface area contributed by atoms with Gasteiger partial charge in [-0.3, -0.25) is 4.57 Å². The molecule has 0 bridgehead atoms. The van der Waals surface area contributed by atoms with Crippen molar-refractivity contribution in [2.24, 2.45) is 0 Å². The van der Waals surface area contributed by atoms with Crippen molar-refractivity contribution in [1.82, 2.24) is 24.1 Å². The highest BCUT2D eigenvalue weighted by Gasteiger charge is 2.16. The Labute approximate surface area is 127 Å². The van der Waals surface area contributed by atoms with E-state index >= 15 is 0 Å². The molecule has 0 aliphatic heterocycles. The molecular formula is C17H15N5. The molecule has 0 radical (unpaired) electrons. The van der Waals surface area contributed by atoms with Gasteiger partial charge in [0.2, 0.25) is 0 Å². The molecule has 0 atom stereocenters. The van der Waals surface area contributed by atoms with Gasteiger partial charge < -0.3 is 0 Å². The van der Waals surface area contributed by atoms with Gasteiger partial charge in [0, 0.05) is 29.7 Å². The standard InChI is InChI=1S/C17H15N5/c1-12-10-15(21-9-8-18-11-21)22-17(19-12)16(13(2)20-22)14-6-4-3-5-7-14/h3-11H,1-2H3. The van der Waals surface area contributed by atoms with Crippen LogP contribution in [0.25, 0.3) is 22.6 Å². The van der Waals surface area contributed by atoms with Gasteiger partial charge in [-0.1, -0.05) is 30.3 Å². The topological polar surface area (TPSA) is 48.0 Å². The van der Waals surface area contributed by atoms with Gasteiger partial charge in [0.1, 0.15) is 12.1 Å². The van der Waals surface area contributed by atoms with E-state index < -0.39 is 0 Å². The molecule has 3 heterocycles. The van der Waals surface area contributed by atoms with Crippen molar-refractivity contribution in [2.45, 2.75) is 13.8 Å². The van der Waals surface area contributed by atoms with Gasteiger partial charge in [-0.15, -0.1) is 0 Å². The molecule has 0 saturated heterocycles. The van der Waals surface area contributed by atoms with Crippen molar-refractivity contribution in [3.63, 3.8) is 0 Å². The fourth-order valence-corrected chi connectivity index (χ4v) is 2.75. The maximum atomic E-state index is 4.71. The Morgan fingerprint density at radius 3 is 2.59 bits per heavy atom. The van der Waals surface area contributed by atoms with Crippen molar-refractivity contribution in [3.05, 3.63) is 66.5 Å². The Morgan fingerprint density at radius 2 is 1.86 bits per heavy atom. The lowest BCUT2D eigenvalue weighted by Crippen LogP contribution is -2.04. The highest BCUT2D eigenvalue weighted by Crippen LogP contribution is 2.28. The van der Waals surface area contributed by atoms with Crippen LogP contribution in [0.3, 0.4) is 0 Å². The summed E-state index contributed by atoms with van der Waals surface area (Å²) in [5.41, 5.74) is 4.99. The number of rotatable bonds is 2. The zero-order valence-electron chi connectivity index (χ0n) is 12.4. The van der Waals surface area contributed by atoms with Crippen LogP contribution in [0, 0.1) is 13.8 Å². The summed E-state index contributed by atoms with van der Waals surface area (Å²) in [6.45, 7) is 4.02. The van der Waals surface area contributed by atoms with Crippen LogP contribution in [0.2, 0.25) is 0 Å². The summed E-state index contributed by atoms with van der Waals surface area (Å²) in [4.78, 5) is 8.83. The first-order chi connectivity index (χ1) is 10.7. The second-order valence-electron chi connectivity index (χ2n) is 5.29. The molecule has 0 saturated carbocycles. The zero-order valence-corrected chi connectivity index (χ0v) is 12.4. The highest BCUT2D eigenvalue weighted by atomic mass is 15.3. The van der Waals surface area contributed by atoms with Crippen LogP contribution in [0.15, 0.2) is 55.1 Å².